The van der Waals surface area contributed by atoms with E-state index in [9.17, 15) is 0 Å². The van der Waals surface area contributed by atoms with Gasteiger partial charge in [0.05, 0.1) is 29.7 Å². The van der Waals surface area contributed by atoms with Crippen LogP contribution < -0.4 is 5.73 Å². The highest BCUT2D eigenvalue weighted by molar-refractivity contribution is 5.90. The van der Waals surface area contributed by atoms with E-state index < -0.39 is 0 Å². The Bertz CT molecular complexity index is 1520. The molecule has 1 aromatic carbocycles. The third kappa shape index (κ3) is 3.05. The van der Waals surface area contributed by atoms with Crippen molar-refractivity contribution in [1.29, 1.82) is 0 Å². The summed E-state index contributed by atoms with van der Waals surface area (Å²) in [6, 6.07) is 11.9. The molecular weight excluding hydrogens is 406 g/mol. The Morgan fingerprint density at radius 2 is 1.88 bits per heavy atom. The standard InChI is InChI=1S/C22H17N9O/c23-22-28-20-16(21-27-19(29-31(21)22)18-2-1-11-32-18)12-26-30(20)10-7-14-3-5-15(6-4-14)17-13-24-8-9-25-17/h1-6,8-9,11-13H,7,10H2,(H2,23,28). The van der Waals surface area contributed by atoms with E-state index in [0.29, 0.717) is 29.4 Å². The molecule has 0 bridgehead atoms. The summed E-state index contributed by atoms with van der Waals surface area (Å²) >= 11 is 0. The van der Waals surface area contributed by atoms with E-state index >= 15 is 0 Å². The van der Waals surface area contributed by atoms with E-state index in [1.165, 1.54) is 10.1 Å². The maximum atomic E-state index is 6.16. The van der Waals surface area contributed by atoms with Gasteiger partial charge in [0, 0.05) is 24.5 Å². The van der Waals surface area contributed by atoms with Gasteiger partial charge in [-0.2, -0.15) is 14.6 Å². The predicted molar refractivity (Wildman–Crippen MR) is 117 cm³/mol. The van der Waals surface area contributed by atoms with Crippen molar-refractivity contribution in [1.82, 2.24) is 39.3 Å². The average Bonchev–Trinajstić information content (AvgIpc) is 3.58. The maximum absolute atomic E-state index is 6.16. The van der Waals surface area contributed by atoms with Crippen LogP contribution in [0, 0.1) is 0 Å². The Labute approximate surface area is 181 Å². The number of hydrogen-bond donors (Lipinski definition) is 1. The van der Waals surface area contributed by atoms with Crippen LogP contribution in [0.25, 0.3) is 39.5 Å². The third-order valence-electron chi connectivity index (χ3n) is 5.26. The SMILES string of the molecule is Nc1nc2c(cnn2CCc2ccc(-c3cnccn3)cc2)c2nc(-c3ccco3)nn12. The van der Waals surface area contributed by atoms with Gasteiger partial charge in [-0.1, -0.05) is 24.3 Å². The van der Waals surface area contributed by atoms with Gasteiger partial charge in [-0.3, -0.25) is 9.97 Å². The number of rotatable bonds is 5. The molecule has 5 aromatic heterocycles. The van der Waals surface area contributed by atoms with E-state index in [0.717, 1.165) is 23.1 Å². The summed E-state index contributed by atoms with van der Waals surface area (Å²) in [6.45, 7) is 0.649. The zero-order valence-electron chi connectivity index (χ0n) is 16.8. The van der Waals surface area contributed by atoms with Crippen LogP contribution in [0.5, 0.6) is 0 Å². The lowest BCUT2D eigenvalue weighted by atomic mass is 10.1. The molecule has 10 heteroatoms. The Kier molecular flexibility index (Phi) is 4.13. The Balaban J connectivity index is 1.28. The fraction of sp³-hybridized carbons (Fsp3) is 0.0909. The van der Waals surface area contributed by atoms with Crippen LogP contribution in [-0.4, -0.2) is 39.3 Å². The van der Waals surface area contributed by atoms with Crippen LogP contribution in [0.2, 0.25) is 0 Å². The lowest BCUT2D eigenvalue weighted by Gasteiger charge is -2.06. The molecule has 0 aliphatic heterocycles. The summed E-state index contributed by atoms with van der Waals surface area (Å²) in [5.74, 6) is 1.26. The van der Waals surface area contributed by atoms with Crippen LogP contribution in [0.15, 0.2) is 71.9 Å². The number of hydrogen-bond acceptors (Lipinski definition) is 8. The van der Waals surface area contributed by atoms with Crippen molar-refractivity contribution in [3.63, 3.8) is 0 Å². The molecule has 0 aliphatic rings. The predicted octanol–water partition coefficient (Wildman–Crippen LogP) is 3.02. The van der Waals surface area contributed by atoms with Gasteiger partial charge >= 0.3 is 0 Å². The summed E-state index contributed by atoms with van der Waals surface area (Å²) in [5, 5.41) is 9.71. The van der Waals surface area contributed by atoms with Crippen LogP contribution in [0.4, 0.5) is 5.95 Å². The number of aryl methyl sites for hydroxylation is 2. The Hall–Kier alpha value is -4.60. The summed E-state index contributed by atoms with van der Waals surface area (Å²) < 4.78 is 8.75. The van der Waals surface area contributed by atoms with Crippen molar-refractivity contribution in [2.24, 2.45) is 0 Å². The molecule has 0 unspecified atom stereocenters. The molecule has 0 spiro atoms. The van der Waals surface area contributed by atoms with E-state index in [1.54, 1.807) is 43.2 Å². The van der Waals surface area contributed by atoms with E-state index in [4.69, 9.17) is 10.2 Å². The van der Waals surface area contributed by atoms with E-state index in [2.05, 4.69) is 42.3 Å². The molecule has 0 radical (unpaired) electrons. The Morgan fingerprint density at radius 3 is 2.66 bits per heavy atom. The second-order valence-electron chi connectivity index (χ2n) is 7.26. The molecule has 0 atom stereocenters. The van der Waals surface area contributed by atoms with Gasteiger partial charge < -0.3 is 10.2 Å². The van der Waals surface area contributed by atoms with E-state index in [1.807, 2.05) is 16.8 Å². The van der Waals surface area contributed by atoms with Crippen molar-refractivity contribution in [3.8, 4) is 22.8 Å². The quantitative estimate of drug-likeness (QED) is 0.448. The highest BCUT2D eigenvalue weighted by atomic mass is 16.3. The van der Waals surface area contributed by atoms with Crippen LogP contribution in [0.1, 0.15) is 5.56 Å². The first-order chi connectivity index (χ1) is 15.8. The largest absolute Gasteiger partial charge is 0.461 e. The Morgan fingerprint density at radius 1 is 0.969 bits per heavy atom. The number of aromatic nitrogens is 8. The number of fused-ring (bicyclic) bond motifs is 3. The molecule has 0 amide bonds. The first-order valence-electron chi connectivity index (χ1n) is 10.0. The van der Waals surface area contributed by atoms with Crippen molar-refractivity contribution < 1.29 is 4.42 Å². The number of nitrogens with zero attached hydrogens (tertiary/aromatic N) is 8. The molecule has 2 N–H and O–H groups in total. The molecule has 0 saturated heterocycles. The monoisotopic (exact) mass is 423 g/mol. The molecule has 0 aliphatic carbocycles. The lowest BCUT2D eigenvalue weighted by Crippen LogP contribution is -2.07. The van der Waals surface area contributed by atoms with Crippen molar-refractivity contribution >= 4 is 22.6 Å². The van der Waals surface area contributed by atoms with Crippen LogP contribution >= 0.6 is 0 Å². The van der Waals surface area contributed by atoms with Crippen LogP contribution in [0.3, 0.4) is 0 Å². The first kappa shape index (κ1) is 18.2. The normalized spacial score (nSPS) is 11.5. The summed E-state index contributed by atoms with van der Waals surface area (Å²) in [4.78, 5) is 17.6. The minimum atomic E-state index is 0.243. The van der Waals surface area contributed by atoms with Crippen molar-refractivity contribution in [3.05, 3.63) is 73.0 Å². The summed E-state index contributed by atoms with van der Waals surface area (Å²) in [5.41, 5.74) is 10.5. The minimum absolute atomic E-state index is 0.243. The molecule has 156 valence electrons. The van der Waals surface area contributed by atoms with Crippen molar-refractivity contribution in [2.45, 2.75) is 13.0 Å². The zero-order chi connectivity index (χ0) is 21.5. The molecule has 0 fully saturated rings. The number of furan rings is 1. The zero-order valence-corrected chi connectivity index (χ0v) is 16.8. The molecule has 6 rings (SSSR count). The fourth-order valence-electron chi connectivity index (χ4n) is 3.66. The van der Waals surface area contributed by atoms with Gasteiger partial charge in [0.25, 0.3) is 0 Å². The summed E-state index contributed by atoms with van der Waals surface area (Å²) in [6.07, 6.45) is 9.22. The van der Waals surface area contributed by atoms with E-state index in [-0.39, 0.29) is 5.95 Å². The molecule has 6 aromatic rings. The van der Waals surface area contributed by atoms with Gasteiger partial charge in [0.2, 0.25) is 11.8 Å². The number of nitrogens with two attached hydrogens (primary N) is 1. The van der Waals surface area contributed by atoms with Gasteiger partial charge in [-0.05, 0) is 24.1 Å². The second kappa shape index (κ2) is 7.27. The number of anilines is 1. The smallest absolute Gasteiger partial charge is 0.225 e. The number of nitrogen functional groups attached to an aromatic ring is 1. The third-order valence-corrected chi connectivity index (χ3v) is 5.26. The number of benzene rings is 1. The van der Waals surface area contributed by atoms with Gasteiger partial charge in [0.1, 0.15) is 0 Å². The highest BCUT2D eigenvalue weighted by Crippen LogP contribution is 2.24. The van der Waals surface area contributed by atoms with Gasteiger partial charge in [0.15, 0.2) is 17.1 Å². The van der Waals surface area contributed by atoms with Gasteiger partial charge in [-0.15, -0.1) is 5.10 Å². The van der Waals surface area contributed by atoms with Crippen molar-refractivity contribution in [2.75, 3.05) is 5.73 Å². The molecule has 32 heavy (non-hydrogen) atoms. The highest BCUT2D eigenvalue weighted by Gasteiger charge is 2.17. The average molecular weight is 423 g/mol. The second-order valence-corrected chi connectivity index (χ2v) is 7.26. The van der Waals surface area contributed by atoms with Gasteiger partial charge in [-0.25, -0.2) is 9.67 Å². The minimum Gasteiger partial charge on any atom is -0.461 e. The molecule has 5 heterocycles. The maximum Gasteiger partial charge on any atom is 0.225 e. The molecular formula is C22H17N9O. The fourth-order valence-corrected chi connectivity index (χ4v) is 3.66. The topological polar surface area (TPSA) is 126 Å². The van der Waals surface area contributed by atoms with Crippen LogP contribution in [-0.2, 0) is 13.0 Å². The molecule has 10 nitrogen and oxygen atoms in total. The summed E-state index contributed by atoms with van der Waals surface area (Å²) in [7, 11) is 0. The lowest BCUT2D eigenvalue weighted by molar-refractivity contribution is 0.577. The molecule has 0 saturated carbocycles. The first-order valence-corrected chi connectivity index (χ1v) is 10.0.